The highest BCUT2D eigenvalue weighted by atomic mass is 32.2. The summed E-state index contributed by atoms with van der Waals surface area (Å²) in [6.07, 6.45) is 3.81. The summed E-state index contributed by atoms with van der Waals surface area (Å²) in [5.41, 5.74) is 0.725. The van der Waals surface area contributed by atoms with Crippen LogP contribution in [-0.4, -0.2) is 65.6 Å². The van der Waals surface area contributed by atoms with Crippen LogP contribution >= 0.6 is 0 Å². The number of aromatic nitrogens is 2. The molecule has 0 bridgehead atoms. The van der Waals surface area contributed by atoms with Crippen molar-refractivity contribution in [2.24, 2.45) is 0 Å². The van der Waals surface area contributed by atoms with Crippen LogP contribution in [0.3, 0.4) is 0 Å². The zero-order valence-corrected chi connectivity index (χ0v) is 16.9. The second-order valence-electron chi connectivity index (χ2n) is 7.70. The topological polar surface area (TPSA) is 96.6 Å². The van der Waals surface area contributed by atoms with Gasteiger partial charge < -0.3 is 9.42 Å². The molecule has 0 atom stereocenters. The Hall–Kier alpha value is -2.33. The third-order valence-corrected chi connectivity index (χ3v) is 6.62. The average Bonchev–Trinajstić information content (AvgIpc) is 3.36. The van der Waals surface area contributed by atoms with Crippen LogP contribution in [0.1, 0.15) is 36.0 Å². The van der Waals surface area contributed by atoms with Crippen LogP contribution in [0.4, 0.5) is 4.39 Å². The molecule has 1 aromatic carbocycles. The van der Waals surface area contributed by atoms with E-state index in [0.717, 1.165) is 18.4 Å². The smallest absolute Gasteiger partial charge is 0.229 e. The molecule has 1 aliphatic carbocycles. The van der Waals surface area contributed by atoms with Crippen LogP contribution < -0.4 is 0 Å². The van der Waals surface area contributed by atoms with Gasteiger partial charge in [0.25, 0.3) is 0 Å². The minimum atomic E-state index is -3.44. The third kappa shape index (κ3) is 4.81. The van der Waals surface area contributed by atoms with E-state index in [1.165, 1.54) is 22.7 Å². The molecule has 1 saturated heterocycles. The van der Waals surface area contributed by atoms with Gasteiger partial charge in [-0.1, -0.05) is 17.3 Å². The molecule has 0 unspecified atom stereocenters. The summed E-state index contributed by atoms with van der Waals surface area (Å²) in [5, 5.41) is 3.93. The van der Waals surface area contributed by atoms with Gasteiger partial charge in [0.2, 0.25) is 21.8 Å². The number of carbonyl (C=O) groups excluding carboxylic acids is 1. The molecule has 0 radical (unpaired) electrons. The Labute approximate surface area is 168 Å². The number of nitrogens with zero attached hydrogens (tertiary/aromatic N) is 4. The third-order valence-electron chi connectivity index (χ3n) is 5.28. The number of halogens is 1. The van der Waals surface area contributed by atoms with Gasteiger partial charge >= 0.3 is 0 Å². The van der Waals surface area contributed by atoms with Crippen LogP contribution in [0.5, 0.6) is 0 Å². The van der Waals surface area contributed by atoms with Crippen LogP contribution in [0.25, 0.3) is 0 Å². The van der Waals surface area contributed by atoms with Gasteiger partial charge in [-0.25, -0.2) is 12.8 Å². The highest BCUT2D eigenvalue weighted by molar-refractivity contribution is 7.88. The van der Waals surface area contributed by atoms with Crippen LogP contribution in [0.2, 0.25) is 0 Å². The molecule has 1 aliphatic heterocycles. The van der Waals surface area contributed by atoms with Crippen molar-refractivity contribution in [1.29, 1.82) is 0 Å². The van der Waals surface area contributed by atoms with E-state index in [9.17, 15) is 17.6 Å². The Bertz CT molecular complexity index is 982. The van der Waals surface area contributed by atoms with Gasteiger partial charge in [0, 0.05) is 32.0 Å². The molecule has 2 aliphatic rings. The molecule has 8 nitrogen and oxygen atoms in total. The molecule has 29 heavy (non-hydrogen) atoms. The first-order chi connectivity index (χ1) is 13.8. The van der Waals surface area contributed by atoms with Crippen molar-refractivity contribution in [3.63, 3.8) is 0 Å². The SMILES string of the molecule is CS(=O)(=O)N(CCc1noc(C2CC2)n1)C1CN(C(=O)Cc2ccc(F)cc2)C1. The lowest BCUT2D eigenvalue weighted by Crippen LogP contribution is -2.62. The van der Waals surface area contributed by atoms with Gasteiger partial charge in [0.15, 0.2) is 5.82 Å². The molecule has 1 amide bonds. The van der Waals surface area contributed by atoms with E-state index in [2.05, 4.69) is 10.1 Å². The second-order valence-corrected chi connectivity index (χ2v) is 9.64. The quantitative estimate of drug-likeness (QED) is 0.637. The van der Waals surface area contributed by atoms with E-state index in [0.29, 0.717) is 37.1 Å². The van der Waals surface area contributed by atoms with Gasteiger partial charge in [-0.2, -0.15) is 9.29 Å². The standard InChI is InChI=1S/C19H23FN4O4S/c1-29(26,27)24(9-8-17-21-19(28-22-17)14-4-5-14)16-11-23(12-16)18(25)10-13-2-6-15(20)7-3-13/h2-3,6-7,14,16H,4-5,8-12H2,1H3. The monoisotopic (exact) mass is 422 g/mol. The Balaban J connectivity index is 1.31. The van der Waals surface area contributed by atoms with Gasteiger partial charge in [0.05, 0.1) is 18.7 Å². The summed E-state index contributed by atoms with van der Waals surface area (Å²) >= 11 is 0. The highest BCUT2D eigenvalue weighted by Gasteiger charge is 2.38. The Morgan fingerprint density at radius 3 is 2.59 bits per heavy atom. The number of benzene rings is 1. The number of likely N-dealkylation sites (tertiary alicyclic amines) is 1. The van der Waals surface area contributed by atoms with E-state index in [4.69, 9.17) is 4.52 Å². The fourth-order valence-electron chi connectivity index (χ4n) is 3.42. The first-order valence-electron chi connectivity index (χ1n) is 9.61. The van der Waals surface area contributed by atoms with Crippen molar-refractivity contribution < 1.29 is 22.1 Å². The second kappa shape index (κ2) is 7.83. The molecule has 2 fully saturated rings. The van der Waals surface area contributed by atoms with Crippen molar-refractivity contribution >= 4 is 15.9 Å². The summed E-state index contributed by atoms with van der Waals surface area (Å²) in [6, 6.07) is 5.53. The van der Waals surface area contributed by atoms with Crippen molar-refractivity contribution in [1.82, 2.24) is 19.3 Å². The summed E-state index contributed by atoms with van der Waals surface area (Å²) in [5.74, 6) is 1.04. The van der Waals surface area contributed by atoms with Gasteiger partial charge in [0.1, 0.15) is 5.82 Å². The molecule has 0 spiro atoms. The Morgan fingerprint density at radius 1 is 1.28 bits per heavy atom. The molecule has 1 saturated carbocycles. The Kier molecular flexibility index (Phi) is 5.39. The van der Waals surface area contributed by atoms with Crippen molar-refractivity contribution in [2.45, 2.75) is 37.6 Å². The summed E-state index contributed by atoms with van der Waals surface area (Å²) in [4.78, 5) is 18.3. The maximum atomic E-state index is 13.0. The zero-order valence-electron chi connectivity index (χ0n) is 16.1. The minimum absolute atomic E-state index is 0.103. The van der Waals surface area contributed by atoms with Crippen molar-refractivity contribution in [3.8, 4) is 0 Å². The molecule has 2 heterocycles. The molecule has 2 aromatic rings. The lowest BCUT2D eigenvalue weighted by atomic mass is 10.1. The molecule has 156 valence electrons. The number of amides is 1. The van der Waals surface area contributed by atoms with Crippen LogP contribution in [0, 0.1) is 5.82 Å². The van der Waals surface area contributed by atoms with Crippen LogP contribution in [0.15, 0.2) is 28.8 Å². The zero-order chi connectivity index (χ0) is 20.6. The maximum absolute atomic E-state index is 13.0. The molecule has 0 N–H and O–H groups in total. The van der Waals surface area contributed by atoms with Crippen molar-refractivity contribution in [2.75, 3.05) is 25.9 Å². The van der Waals surface area contributed by atoms with E-state index < -0.39 is 10.0 Å². The summed E-state index contributed by atoms with van der Waals surface area (Å²) in [6.45, 7) is 0.923. The minimum Gasteiger partial charge on any atom is -0.339 e. The maximum Gasteiger partial charge on any atom is 0.229 e. The lowest BCUT2D eigenvalue weighted by molar-refractivity contribution is -0.136. The van der Waals surface area contributed by atoms with Crippen molar-refractivity contribution in [3.05, 3.63) is 47.4 Å². The van der Waals surface area contributed by atoms with E-state index in [-0.39, 0.29) is 30.7 Å². The first-order valence-corrected chi connectivity index (χ1v) is 11.5. The lowest BCUT2D eigenvalue weighted by Gasteiger charge is -2.44. The molecule has 1 aromatic heterocycles. The summed E-state index contributed by atoms with van der Waals surface area (Å²) < 4.78 is 44.1. The number of sulfonamides is 1. The fourth-order valence-corrected chi connectivity index (χ4v) is 4.52. The Morgan fingerprint density at radius 2 is 1.97 bits per heavy atom. The average molecular weight is 422 g/mol. The van der Waals surface area contributed by atoms with E-state index >= 15 is 0 Å². The highest BCUT2D eigenvalue weighted by Crippen LogP contribution is 2.38. The predicted molar refractivity (Wildman–Crippen MR) is 102 cm³/mol. The fraction of sp³-hybridized carbons (Fsp3) is 0.526. The summed E-state index contributed by atoms with van der Waals surface area (Å²) in [7, 11) is -3.44. The molecule has 10 heteroatoms. The molecular formula is C19H23FN4O4S. The van der Waals surface area contributed by atoms with Gasteiger partial charge in [-0.05, 0) is 30.5 Å². The van der Waals surface area contributed by atoms with E-state index in [1.54, 1.807) is 17.0 Å². The molecular weight excluding hydrogens is 399 g/mol. The normalized spacial score (nSPS) is 17.6. The van der Waals surface area contributed by atoms with Crippen LogP contribution in [-0.2, 0) is 27.7 Å². The van der Waals surface area contributed by atoms with E-state index in [1.807, 2.05) is 0 Å². The van der Waals surface area contributed by atoms with Gasteiger partial charge in [-0.15, -0.1) is 0 Å². The van der Waals surface area contributed by atoms with Gasteiger partial charge in [-0.3, -0.25) is 4.79 Å². The first kappa shape index (κ1) is 20.0. The number of hydrogen-bond acceptors (Lipinski definition) is 6. The number of carbonyl (C=O) groups is 1. The predicted octanol–water partition coefficient (Wildman–Crippen LogP) is 1.34. The molecule has 4 rings (SSSR count). The number of hydrogen-bond donors (Lipinski definition) is 0. The largest absolute Gasteiger partial charge is 0.339 e. The number of rotatable bonds is 8.